The van der Waals surface area contributed by atoms with Gasteiger partial charge in [0.2, 0.25) is 0 Å². The van der Waals surface area contributed by atoms with Crippen LogP contribution in [-0.4, -0.2) is 6.54 Å². The van der Waals surface area contributed by atoms with Crippen LogP contribution < -0.4 is 5.32 Å². The van der Waals surface area contributed by atoms with Crippen LogP contribution in [0.3, 0.4) is 0 Å². The normalized spacial score (nSPS) is 16.6. The Morgan fingerprint density at radius 1 is 1.14 bits per heavy atom. The third-order valence-electron chi connectivity index (χ3n) is 2.49. The molecule has 0 aliphatic carbocycles. The minimum Gasteiger partial charge on any atom is -0.418 e. The Hall–Kier alpha value is 0.384. The quantitative estimate of drug-likeness (QED) is 0.758. The molecule has 0 saturated carbocycles. The minimum absolute atomic E-state index is 0. The zero-order valence-corrected chi connectivity index (χ0v) is 12.8. The molecule has 14 heavy (non-hydrogen) atoms. The van der Waals surface area contributed by atoms with Gasteiger partial charge < -0.3 is 5.32 Å². The number of nitrogens with one attached hydrogen (secondary N) is 1. The number of hydrogen-bond acceptors (Lipinski definition) is 1. The Morgan fingerprint density at radius 2 is 1.71 bits per heavy atom. The van der Waals surface area contributed by atoms with Gasteiger partial charge in [0, 0.05) is 32.7 Å². The number of rotatable bonds is 2. The second-order valence-electron chi connectivity index (χ2n) is 4.35. The second-order valence-corrected chi connectivity index (χ2v) is 4.35. The molecule has 77 valence electrons. The molecule has 0 aromatic carbocycles. The fraction of sp³-hybridized carbons (Fsp3) is 0.667. The van der Waals surface area contributed by atoms with Gasteiger partial charge in [-0.3, -0.25) is 0 Å². The Bertz CT molecular complexity index is 249. The molecule has 0 aromatic heterocycles. The molecule has 0 unspecified atom stereocenters. The number of allylic oxidation sites excluding steroid dienone is 3. The molecular formula is C12H20NY-. The maximum Gasteiger partial charge on any atom is 0 e. The largest absolute Gasteiger partial charge is 0.418 e. The van der Waals surface area contributed by atoms with Gasteiger partial charge in [-0.25, -0.2) is 11.6 Å². The molecule has 0 bridgehead atoms. The SMILES string of the molecule is CC1=[C-]C(C(C)C)=C(C(C)C)CN1.[Y]. The Labute approximate surface area is 113 Å². The van der Waals surface area contributed by atoms with Gasteiger partial charge in [0.05, 0.1) is 0 Å². The van der Waals surface area contributed by atoms with Gasteiger partial charge in [-0.1, -0.05) is 45.2 Å². The minimum atomic E-state index is 0. The second kappa shape index (κ2) is 6.07. The van der Waals surface area contributed by atoms with Crippen molar-refractivity contribution < 1.29 is 32.7 Å². The van der Waals surface area contributed by atoms with Crippen molar-refractivity contribution in [3.8, 4) is 0 Å². The predicted octanol–water partition coefficient (Wildman–Crippen LogP) is 2.90. The number of hydrogen-bond donors (Lipinski definition) is 1. The van der Waals surface area contributed by atoms with Gasteiger partial charge >= 0.3 is 0 Å². The van der Waals surface area contributed by atoms with Crippen LogP contribution in [0.5, 0.6) is 0 Å². The summed E-state index contributed by atoms with van der Waals surface area (Å²) in [7, 11) is 0. The standard InChI is InChI=1S/C12H20N.Y/c1-8(2)11-6-10(5)13-7-12(11)9(3)4;/h8-9,13H,7H2,1-5H3;/q-1;. The van der Waals surface area contributed by atoms with Crippen molar-refractivity contribution in [3.63, 3.8) is 0 Å². The molecule has 1 aliphatic rings. The average molecular weight is 267 g/mol. The van der Waals surface area contributed by atoms with Crippen molar-refractivity contribution in [1.29, 1.82) is 0 Å². The molecule has 1 heterocycles. The summed E-state index contributed by atoms with van der Waals surface area (Å²) in [5.41, 5.74) is 4.10. The van der Waals surface area contributed by atoms with Crippen LogP contribution in [-0.2, 0) is 32.7 Å². The zero-order valence-electron chi connectivity index (χ0n) is 9.94. The van der Waals surface area contributed by atoms with E-state index >= 15 is 0 Å². The van der Waals surface area contributed by atoms with Gasteiger partial charge in [0.1, 0.15) is 0 Å². The number of dihydropyridines is 1. The smallest absolute Gasteiger partial charge is 0 e. The van der Waals surface area contributed by atoms with E-state index < -0.39 is 0 Å². The summed E-state index contributed by atoms with van der Waals surface area (Å²) in [5, 5.41) is 3.35. The van der Waals surface area contributed by atoms with E-state index in [0.29, 0.717) is 11.8 Å². The summed E-state index contributed by atoms with van der Waals surface area (Å²) >= 11 is 0. The monoisotopic (exact) mass is 267 g/mol. The third kappa shape index (κ3) is 3.51. The molecule has 0 amide bonds. The van der Waals surface area contributed by atoms with Gasteiger partial charge in [-0.05, 0) is 13.5 Å². The molecule has 0 spiro atoms. The first-order valence-electron chi connectivity index (χ1n) is 5.09. The van der Waals surface area contributed by atoms with Crippen molar-refractivity contribution in [1.82, 2.24) is 5.32 Å². The Morgan fingerprint density at radius 3 is 2.14 bits per heavy atom. The molecule has 0 aromatic rings. The Balaban J connectivity index is 0.00000169. The van der Waals surface area contributed by atoms with Crippen LogP contribution in [0.2, 0.25) is 0 Å². The van der Waals surface area contributed by atoms with E-state index in [0.717, 1.165) is 6.54 Å². The summed E-state index contributed by atoms with van der Waals surface area (Å²) in [6.45, 7) is 12.1. The van der Waals surface area contributed by atoms with Crippen molar-refractivity contribution in [2.75, 3.05) is 6.54 Å². The summed E-state index contributed by atoms with van der Waals surface area (Å²) in [4.78, 5) is 0. The molecule has 1 nitrogen and oxygen atoms in total. The Kier molecular flexibility index (Phi) is 6.24. The van der Waals surface area contributed by atoms with E-state index in [9.17, 15) is 0 Å². The first-order valence-corrected chi connectivity index (χ1v) is 5.09. The fourth-order valence-electron chi connectivity index (χ4n) is 1.68. The van der Waals surface area contributed by atoms with E-state index in [2.05, 4.69) is 46.0 Å². The summed E-state index contributed by atoms with van der Waals surface area (Å²) in [6.07, 6.45) is 3.43. The molecular weight excluding hydrogens is 247 g/mol. The van der Waals surface area contributed by atoms with Crippen LogP contribution >= 0.6 is 0 Å². The molecule has 0 fully saturated rings. The van der Waals surface area contributed by atoms with Gasteiger partial charge in [-0.15, -0.1) is 0 Å². The van der Waals surface area contributed by atoms with Crippen molar-refractivity contribution in [2.45, 2.75) is 34.6 Å². The van der Waals surface area contributed by atoms with Crippen LogP contribution in [0.25, 0.3) is 0 Å². The molecule has 2 heteroatoms. The first kappa shape index (κ1) is 14.4. The topological polar surface area (TPSA) is 12.0 Å². The van der Waals surface area contributed by atoms with Crippen molar-refractivity contribution in [2.24, 2.45) is 11.8 Å². The van der Waals surface area contributed by atoms with E-state index in [1.807, 2.05) is 0 Å². The summed E-state index contributed by atoms with van der Waals surface area (Å²) < 4.78 is 0. The van der Waals surface area contributed by atoms with E-state index in [1.165, 1.54) is 16.8 Å². The van der Waals surface area contributed by atoms with Crippen LogP contribution in [0.4, 0.5) is 0 Å². The molecule has 1 N–H and O–H groups in total. The summed E-state index contributed by atoms with van der Waals surface area (Å²) in [6, 6.07) is 0. The predicted molar refractivity (Wildman–Crippen MR) is 57.1 cm³/mol. The van der Waals surface area contributed by atoms with Crippen LogP contribution in [0.15, 0.2) is 16.8 Å². The van der Waals surface area contributed by atoms with E-state index in [1.54, 1.807) is 0 Å². The zero-order chi connectivity index (χ0) is 10.0. The molecule has 1 aliphatic heterocycles. The summed E-state index contributed by atoms with van der Waals surface area (Å²) in [5.74, 6) is 1.22. The maximum absolute atomic E-state index is 3.43. The molecule has 1 rings (SSSR count). The first-order chi connectivity index (χ1) is 6.02. The molecule has 0 atom stereocenters. The van der Waals surface area contributed by atoms with Crippen LogP contribution in [0, 0.1) is 17.9 Å². The van der Waals surface area contributed by atoms with E-state index in [4.69, 9.17) is 0 Å². The fourth-order valence-corrected chi connectivity index (χ4v) is 1.68. The van der Waals surface area contributed by atoms with Gasteiger partial charge in [-0.2, -0.15) is 5.57 Å². The molecule has 1 radical (unpaired) electrons. The molecule has 0 saturated heterocycles. The van der Waals surface area contributed by atoms with Gasteiger partial charge in [0.15, 0.2) is 0 Å². The van der Waals surface area contributed by atoms with Crippen LogP contribution in [0.1, 0.15) is 34.6 Å². The average Bonchev–Trinajstić information content (AvgIpc) is 2.03. The van der Waals surface area contributed by atoms with Gasteiger partial charge in [0.25, 0.3) is 0 Å². The van der Waals surface area contributed by atoms with Crippen molar-refractivity contribution in [3.05, 3.63) is 22.9 Å². The van der Waals surface area contributed by atoms with Crippen molar-refractivity contribution >= 4 is 0 Å². The van der Waals surface area contributed by atoms with E-state index in [-0.39, 0.29) is 32.7 Å². The maximum atomic E-state index is 3.43. The third-order valence-corrected chi connectivity index (χ3v) is 2.49.